The van der Waals surface area contributed by atoms with Gasteiger partial charge in [0.2, 0.25) is 0 Å². The van der Waals surface area contributed by atoms with Gasteiger partial charge in [0.05, 0.1) is 23.2 Å². The highest BCUT2D eigenvalue weighted by Gasteiger charge is 2.16. The molecule has 3 rings (SSSR count). The molecule has 5 heteroatoms. The highest BCUT2D eigenvalue weighted by molar-refractivity contribution is 7.12. The van der Waals surface area contributed by atoms with Crippen LogP contribution in [0.25, 0.3) is 0 Å². The predicted octanol–water partition coefficient (Wildman–Crippen LogP) is 2.64. The van der Waals surface area contributed by atoms with Crippen molar-refractivity contribution in [1.29, 1.82) is 5.26 Å². The maximum Gasteiger partial charge on any atom is 0.141 e. The molecule has 1 aromatic heterocycles. The van der Waals surface area contributed by atoms with Crippen molar-refractivity contribution in [2.24, 2.45) is 10.7 Å². The molecule has 0 saturated heterocycles. The van der Waals surface area contributed by atoms with Gasteiger partial charge < -0.3 is 5.73 Å². The van der Waals surface area contributed by atoms with Gasteiger partial charge in [0.1, 0.15) is 5.84 Å². The minimum Gasteiger partial charge on any atom is -0.382 e. The van der Waals surface area contributed by atoms with Gasteiger partial charge >= 0.3 is 0 Å². The van der Waals surface area contributed by atoms with Crippen LogP contribution in [-0.2, 0) is 13.0 Å². The Labute approximate surface area is 128 Å². The fourth-order valence-corrected chi connectivity index (χ4v) is 3.36. The number of amidine groups is 1. The molecule has 0 aliphatic carbocycles. The Hall–Kier alpha value is -2.16. The van der Waals surface area contributed by atoms with E-state index in [0.29, 0.717) is 12.4 Å². The van der Waals surface area contributed by atoms with Crippen LogP contribution in [0.2, 0.25) is 0 Å². The lowest BCUT2D eigenvalue weighted by Gasteiger charge is -2.13. The van der Waals surface area contributed by atoms with Gasteiger partial charge in [-0.3, -0.25) is 4.90 Å². The van der Waals surface area contributed by atoms with E-state index in [-0.39, 0.29) is 0 Å². The van der Waals surface area contributed by atoms with Crippen molar-refractivity contribution < 1.29 is 0 Å². The second-order valence-corrected chi connectivity index (χ2v) is 6.16. The zero-order valence-electron chi connectivity index (χ0n) is 11.8. The van der Waals surface area contributed by atoms with Crippen molar-refractivity contribution in [1.82, 2.24) is 4.90 Å². The fourth-order valence-electron chi connectivity index (χ4n) is 2.53. The van der Waals surface area contributed by atoms with Crippen LogP contribution < -0.4 is 5.73 Å². The van der Waals surface area contributed by atoms with Gasteiger partial charge in [-0.25, -0.2) is 4.99 Å². The molecule has 0 fully saturated rings. The summed E-state index contributed by atoms with van der Waals surface area (Å²) in [5, 5.41) is 10.8. The molecule has 2 aromatic rings. The van der Waals surface area contributed by atoms with Crippen molar-refractivity contribution in [3.8, 4) is 6.07 Å². The molecule has 0 atom stereocenters. The number of hydrogen-bond acceptors (Lipinski definition) is 5. The zero-order chi connectivity index (χ0) is 14.8. The summed E-state index contributed by atoms with van der Waals surface area (Å²) >= 11 is 1.64. The van der Waals surface area contributed by atoms with Gasteiger partial charge in [0, 0.05) is 13.0 Å². The number of nitrogens with two attached hydrogens (primary N) is 1. The molecule has 0 bridgehead atoms. The Morgan fingerprint density at radius 1 is 1.38 bits per heavy atom. The first kappa shape index (κ1) is 13.8. The number of hydrogen-bond donors (Lipinski definition) is 1. The van der Waals surface area contributed by atoms with Gasteiger partial charge in [-0.1, -0.05) is 12.1 Å². The van der Waals surface area contributed by atoms with E-state index in [1.165, 1.54) is 11.1 Å². The topological polar surface area (TPSA) is 65.4 Å². The largest absolute Gasteiger partial charge is 0.382 e. The zero-order valence-corrected chi connectivity index (χ0v) is 12.7. The Bertz CT molecular complexity index is 739. The second-order valence-electron chi connectivity index (χ2n) is 5.24. The van der Waals surface area contributed by atoms with E-state index in [1.54, 1.807) is 11.3 Å². The number of rotatable bonds is 3. The van der Waals surface area contributed by atoms with Crippen LogP contribution in [0.15, 0.2) is 34.6 Å². The summed E-state index contributed by atoms with van der Waals surface area (Å²) in [6, 6.07) is 10.6. The Balaban J connectivity index is 1.93. The SMILES string of the molecule is CN(CC#N)Cc1ccc2c(c1)N=C(N)c1sccc1C2. The fraction of sp³-hybridized carbons (Fsp3) is 0.250. The van der Waals surface area contributed by atoms with Crippen LogP contribution in [0.1, 0.15) is 21.6 Å². The molecule has 1 aliphatic heterocycles. The van der Waals surface area contributed by atoms with Crippen LogP contribution in [0.3, 0.4) is 0 Å². The summed E-state index contributed by atoms with van der Waals surface area (Å²) in [5.74, 6) is 0.598. The van der Waals surface area contributed by atoms with Gasteiger partial charge in [0.15, 0.2) is 0 Å². The van der Waals surface area contributed by atoms with E-state index in [9.17, 15) is 0 Å². The standard InChI is InChI=1S/C16H16N4S/c1-20(6-5-17)10-11-2-3-12-9-13-4-7-21-15(13)16(18)19-14(12)8-11/h2-4,7-8H,6,9-10H2,1H3,(H2,18,19). The van der Waals surface area contributed by atoms with Crippen LogP contribution >= 0.6 is 11.3 Å². The van der Waals surface area contributed by atoms with Crippen LogP contribution in [0.4, 0.5) is 5.69 Å². The molecule has 0 unspecified atom stereocenters. The number of aliphatic imine (C=N–C) groups is 1. The molecule has 1 aromatic carbocycles. The first-order valence-corrected chi connectivity index (χ1v) is 7.63. The summed E-state index contributed by atoms with van der Waals surface area (Å²) < 4.78 is 0. The first-order chi connectivity index (χ1) is 10.2. The molecule has 106 valence electrons. The lowest BCUT2D eigenvalue weighted by atomic mass is 10.0. The maximum atomic E-state index is 8.73. The second kappa shape index (κ2) is 5.68. The number of nitriles is 1. The number of nitrogens with zero attached hydrogens (tertiary/aromatic N) is 3. The Kier molecular flexibility index (Phi) is 3.74. The molecular formula is C16H16N4S. The molecule has 0 spiro atoms. The van der Waals surface area contributed by atoms with Gasteiger partial charge in [-0.15, -0.1) is 11.3 Å². The number of fused-ring (bicyclic) bond motifs is 2. The minimum atomic E-state index is 0.416. The third-order valence-corrected chi connectivity index (χ3v) is 4.52. The summed E-state index contributed by atoms with van der Waals surface area (Å²) in [6.07, 6.45) is 0.868. The Morgan fingerprint density at radius 2 is 2.24 bits per heavy atom. The molecule has 0 amide bonds. The van der Waals surface area contributed by atoms with Crippen LogP contribution in [0, 0.1) is 11.3 Å². The normalized spacial score (nSPS) is 13.1. The number of benzene rings is 1. The molecule has 4 nitrogen and oxygen atoms in total. The first-order valence-electron chi connectivity index (χ1n) is 6.75. The monoisotopic (exact) mass is 296 g/mol. The van der Waals surface area contributed by atoms with E-state index in [2.05, 4.69) is 40.7 Å². The molecule has 1 aliphatic rings. The van der Waals surface area contributed by atoms with E-state index >= 15 is 0 Å². The van der Waals surface area contributed by atoms with Crippen molar-refractivity contribution in [2.45, 2.75) is 13.0 Å². The van der Waals surface area contributed by atoms with Crippen molar-refractivity contribution in [2.75, 3.05) is 13.6 Å². The van der Waals surface area contributed by atoms with Gasteiger partial charge in [-0.05, 0) is 41.3 Å². The smallest absolute Gasteiger partial charge is 0.141 e. The Morgan fingerprint density at radius 3 is 3.05 bits per heavy atom. The van der Waals surface area contributed by atoms with E-state index < -0.39 is 0 Å². The summed E-state index contributed by atoms with van der Waals surface area (Å²) in [6.45, 7) is 1.15. The quantitative estimate of drug-likeness (QED) is 0.886. The van der Waals surface area contributed by atoms with E-state index in [1.807, 2.05) is 11.9 Å². The average Bonchev–Trinajstić information content (AvgIpc) is 2.85. The molecule has 21 heavy (non-hydrogen) atoms. The summed E-state index contributed by atoms with van der Waals surface area (Å²) in [5.41, 5.74) is 10.6. The molecule has 2 N–H and O–H groups in total. The molecule has 0 saturated carbocycles. The lowest BCUT2D eigenvalue weighted by Crippen LogP contribution is -2.17. The van der Waals surface area contributed by atoms with Gasteiger partial charge in [0.25, 0.3) is 0 Å². The maximum absolute atomic E-state index is 8.73. The molecule has 2 heterocycles. The third kappa shape index (κ3) is 2.82. The molecular weight excluding hydrogens is 280 g/mol. The highest BCUT2D eigenvalue weighted by Crippen LogP contribution is 2.31. The summed E-state index contributed by atoms with van der Waals surface area (Å²) in [7, 11) is 1.93. The molecule has 0 radical (unpaired) electrons. The van der Waals surface area contributed by atoms with Crippen LogP contribution in [0.5, 0.6) is 0 Å². The van der Waals surface area contributed by atoms with Crippen LogP contribution in [-0.4, -0.2) is 24.3 Å². The predicted molar refractivity (Wildman–Crippen MR) is 85.9 cm³/mol. The van der Waals surface area contributed by atoms with E-state index in [4.69, 9.17) is 11.0 Å². The van der Waals surface area contributed by atoms with Crippen molar-refractivity contribution in [3.63, 3.8) is 0 Å². The van der Waals surface area contributed by atoms with E-state index in [0.717, 1.165) is 29.1 Å². The number of thiophene rings is 1. The van der Waals surface area contributed by atoms with Crippen molar-refractivity contribution >= 4 is 22.9 Å². The summed E-state index contributed by atoms with van der Waals surface area (Å²) in [4.78, 5) is 7.64. The average molecular weight is 296 g/mol. The lowest BCUT2D eigenvalue weighted by molar-refractivity contribution is 0.367. The third-order valence-electron chi connectivity index (χ3n) is 3.54. The van der Waals surface area contributed by atoms with Crippen molar-refractivity contribution in [3.05, 3.63) is 51.2 Å². The van der Waals surface area contributed by atoms with Gasteiger partial charge in [-0.2, -0.15) is 5.26 Å². The highest BCUT2D eigenvalue weighted by atomic mass is 32.1. The minimum absolute atomic E-state index is 0.416.